The van der Waals surface area contributed by atoms with E-state index >= 15 is 0 Å². The summed E-state index contributed by atoms with van der Waals surface area (Å²) in [6.07, 6.45) is 0. The topological polar surface area (TPSA) is 121 Å². The molecule has 0 bridgehead atoms. The zero-order valence-corrected chi connectivity index (χ0v) is 23.2. The Morgan fingerprint density at radius 1 is 0.750 bits per heavy atom. The van der Waals surface area contributed by atoms with E-state index in [9.17, 15) is 0 Å². The lowest BCUT2D eigenvalue weighted by Gasteiger charge is -2.22. The summed E-state index contributed by atoms with van der Waals surface area (Å²) in [6.45, 7) is 12.1. The van der Waals surface area contributed by atoms with Gasteiger partial charge < -0.3 is 31.9 Å². The molecule has 0 atom stereocenters. The Morgan fingerprint density at radius 3 is 1.58 bits per heavy atom. The van der Waals surface area contributed by atoms with E-state index in [4.69, 9.17) is 11.5 Å². The average molecular weight is 528 g/mol. The number of aromatic nitrogens is 3. The first-order valence-corrected chi connectivity index (χ1v) is 13.9. The largest absolute Gasteiger partial charge is 0.397 e. The maximum Gasteiger partial charge on any atom is 0.233 e. The number of nitrogen functional groups attached to an aromatic ring is 2. The minimum atomic E-state index is 0.399. The van der Waals surface area contributed by atoms with Crippen molar-refractivity contribution >= 4 is 70.4 Å². The SMILES string of the molecule is CCN(CC)c1ccc(N)c(Nc2nc(Nc3cc(N(CC)CC)ccc3N)nc(SCCS)n2)c1. The lowest BCUT2D eigenvalue weighted by atomic mass is 10.2. The van der Waals surface area contributed by atoms with Crippen LogP contribution in [0.15, 0.2) is 41.6 Å². The minimum absolute atomic E-state index is 0.399. The van der Waals surface area contributed by atoms with Crippen molar-refractivity contribution in [3.05, 3.63) is 36.4 Å². The molecule has 0 fully saturated rings. The van der Waals surface area contributed by atoms with Gasteiger partial charge in [-0.15, -0.1) is 0 Å². The molecule has 0 spiro atoms. The van der Waals surface area contributed by atoms with Gasteiger partial charge >= 0.3 is 0 Å². The number of rotatable bonds is 13. The fourth-order valence-electron chi connectivity index (χ4n) is 3.79. The van der Waals surface area contributed by atoms with Gasteiger partial charge in [0.2, 0.25) is 11.9 Å². The smallest absolute Gasteiger partial charge is 0.233 e. The summed E-state index contributed by atoms with van der Waals surface area (Å²) in [4.78, 5) is 18.3. The Balaban J connectivity index is 1.95. The first-order valence-electron chi connectivity index (χ1n) is 12.2. The van der Waals surface area contributed by atoms with Crippen LogP contribution in [0.2, 0.25) is 0 Å². The molecule has 0 aliphatic heterocycles. The van der Waals surface area contributed by atoms with Crippen LogP contribution < -0.4 is 31.9 Å². The second kappa shape index (κ2) is 13.3. The molecule has 3 rings (SSSR count). The predicted molar refractivity (Wildman–Crippen MR) is 160 cm³/mol. The van der Waals surface area contributed by atoms with Crippen LogP contribution in [-0.2, 0) is 0 Å². The van der Waals surface area contributed by atoms with E-state index in [1.54, 1.807) is 0 Å². The molecular weight excluding hydrogens is 490 g/mol. The zero-order valence-electron chi connectivity index (χ0n) is 21.5. The van der Waals surface area contributed by atoms with E-state index < -0.39 is 0 Å². The fourth-order valence-corrected chi connectivity index (χ4v) is 4.64. The highest BCUT2D eigenvalue weighted by Gasteiger charge is 2.13. The Bertz CT molecular complexity index is 1050. The van der Waals surface area contributed by atoms with Gasteiger partial charge in [0.05, 0.1) is 22.7 Å². The molecule has 0 saturated carbocycles. The molecular formula is C25H37N9S2. The third-order valence-electron chi connectivity index (χ3n) is 5.76. The molecule has 0 aliphatic carbocycles. The molecule has 194 valence electrons. The second-order valence-corrected chi connectivity index (χ2v) is 9.48. The number of thiol groups is 1. The van der Waals surface area contributed by atoms with Crippen molar-refractivity contribution in [2.75, 3.05) is 69.6 Å². The van der Waals surface area contributed by atoms with Crippen molar-refractivity contribution in [2.24, 2.45) is 0 Å². The Labute approximate surface area is 223 Å². The summed E-state index contributed by atoms with van der Waals surface area (Å²) in [7, 11) is 0. The van der Waals surface area contributed by atoms with E-state index in [0.717, 1.165) is 54.7 Å². The number of anilines is 8. The van der Waals surface area contributed by atoms with Gasteiger partial charge in [0.15, 0.2) is 5.16 Å². The number of hydrogen-bond donors (Lipinski definition) is 5. The van der Waals surface area contributed by atoms with Crippen LogP contribution in [0, 0.1) is 0 Å². The van der Waals surface area contributed by atoms with Gasteiger partial charge in [-0.05, 0) is 69.8 Å². The molecule has 2 aromatic carbocycles. The van der Waals surface area contributed by atoms with Crippen molar-refractivity contribution in [2.45, 2.75) is 32.9 Å². The molecule has 6 N–H and O–H groups in total. The maximum absolute atomic E-state index is 6.29. The second-order valence-electron chi connectivity index (χ2n) is 7.97. The maximum atomic E-state index is 6.29. The Hall–Kier alpha value is -3.05. The van der Waals surface area contributed by atoms with E-state index in [0.29, 0.717) is 34.2 Å². The predicted octanol–water partition coefficient (Wildman–Crippen LogP) is 5.24. The molecule has 0 radical (unpaired) electrons. The van der Waals surface area contributed by atoms with Crippen LogP contribution >= 0.6 is 24.4 Å². The normalized spacial score (nSPS) is 10.8. The first-order chi connectivity index (χ1) is 17.4. The highest BCUT2D eigenvalue weighted by Crippen LogP contribution is 2.31. The summed E-state index contributed by atoms with van der Waals surface area (Å²) in [5.74, 6) is 2.28. The van der Waals surface area contributed by atoms with Gasteiger partial charge in [0.1, 0.15) is 0 Å². The number of benzene rings is 2. The molecule has 0 unspecified atom stereocenters. The molecule has 9 nitrogen and oxygen atoms in total. The van der Waals surface area contributed by atoms with Gasteiger partial charge in [0, 0.05) is 43.3 Å². The average Bonchev–Trinajstić information content (AvgIpc) is 2.88. The number of nitrogens with one attached hydrogen (secondary N) is 2. The number of hydrogen-bond acceptors (Lipinski definition) is 11. The minimum Gasteiger partial charge on any atom is -0.397 e. The van der Waals surface area contributed by atoms with Crippen molar-refractivity contribution in [1.29, 1.82) is 0 Å². The molecule has 36 heavy (non-hydrogen) atoms. The molecule has 0 amide bonds. The number of nitrogens with two attached hydrogens (primary N) is 2. The monoisotopic (exact) mass is 527 g/mol. The molecule has 11 heteroatoms. The van der Waals surface area contributed by atoms with E-state index in [-0.39, 0.29) is 0 Å². The van der Waals surface area contributed by atoms with Gasteiger partial charge in [0.25, 0.3) is 0 Å². The molecule has 0 aliphatic rings. The lowest BCUT2D eigenvalue weighted by molar-refractivity contribution is 0.866. The van der Waals surface area contributed by atoms with Crippen LogP contribution in [0.4, 0.5) is 46.0 Å². The highest BCUT2D eigenvalue weighted by molar-refractivity contribution is 7.99. The van der Waals surface area contributed by atoms with Crippen LogP contribution in [0.3, 0.4) is 0 Å². The summed E-state index contributed by atoms with van der Waals surface area (Å²) in [5.41, 5.74) is 17.4. The third kappa shape index (κ3) is 7.01. The van der Waals surface area contributed by atoms with Crippen LogP contribution in [0.25, 0.3) is 0 Å². The Kier molecular flexibility index (Phi) is 10.2. The highest BCUT2D eigenvalue weighted by atomic mass is 32.2. The Morgan fingerprint density at radius 2 is 1.19 bits per heavy atom. The van der Waals surface area contributed by atoms with Crippen molar-refractivity contribution < 1.29 is 0 Å². The summed E-state index contributed by atoms with van der Waals surface area (Å²) in [6, 6.07) is 11.9. The number of nitrogens with zero attached hydrogens (tertiary/aromatic N) is 5. The lowest BCUT2D eigenvalue weighted by Crippen LogP contribution is -2.22. The molecule has 0 saturated heterocycles. The van der Waals surface area contributed by atoms with Crippen LogP contribution in [-0.4, -0.2) is 52.6 Å². The van der Waals surface area contributed by atoms with Gasteiger partial charge in [-0.2, -0.15) is 27.6 Å². The van der Waals surface area contributed by atoms with Gasteiger partial charge in [-0.25, -0.2) is 0 Å². The molecule has 3 aromatic rings. The van der Waals surface area contributed by atoms with Crippen molar-refractivity contribution in [1.82, 2.24) is 15.0 Å². The first kappa shape index (κ1) is 27.5. The fraction of sp³-hybridized carbons (Fsp3) is 0.400. The standard InChI is InChI=1S/C25H37N9S2/c1-5-33(6-2)17-9-11-19(26)21(15-17)28-23-30-24(32-25(31-23)36-14-13-35)29-22-16-18(10-12-20(22)27)34(7-3)8-4/h9-12,15-16,35H,5-8,13-14,26-27H2,1-4H3,(H2,28,29,30,31,32). The molecule has 1 heterocycles. The summed E-state index contributed by atoms with van der Waals surface area (Å²) in [5, 5.41) is 7.17. The molecule has 1 aromatic heterocycles. The van der Waals surface area contributed by atoms with E-state index in [1.807, 2.05) is 36.4 Å². The van der Waals surface area contributed by atoms with Crippen molar-refractivity contribution in [3.63, 3.8) is 0 Å². The third-order valence-corrected chi connectivity index (χ3v) is 7.14. The summed E-state index contributed by atoms with van der Waals surface area (Å²) < 4.78 is 0. The van der Waals surface area contributed by atoms with Crippen molar-refractivity contribution in [3.8, 4) is 0 Å². The quantitative estimate of drug-likeness (QED) is 0.115. The van der Waals surface area contributed by atoms with Gasteiger partial charge in [-0.3, -0.25) is 0 Å². The van der Waals surface area contributed by atoms with E-state index in [2.05, 4.69) is 75.7 Å². The van der Waals surface area contributed by atoms with E-state index in [1.165, 1.54) is 11.8 Å². The number of thioether (sulfide) groups is 1. The zero-order chi connectivity index (χ0) is 26.1. The van der Waals surface area contributed by atoms with Crippen LogP contribution in [0.5, 0.6) is 0 Å². The summed E-state index contributed by atoms with van der Waals surface area (Å²) >= 11 is 5.83. The van der Waals surface area contributed by atoms with Gasteiger partial charge in [-0.1, -0.05) is 11.8 Å². The van der Waals surface area contributed by atoms with Crippen LogP contribution in [0.1, 0.15) is 27.7 Å².